The summed E-state index contributed by atoms with van der Waals surface area (Å²) in [7, 11) is 0. The number of halogens is 3. The fourth-order valence-electron chi connectivity index (χ4n) is 1.65. The summed E-state index contributed by atoms with van der Waals surface area (Å²) in [6, 6.07) is -0.0601. The van der Waals surface area contributed by atoms with Gasteiger partial charge in [0.1, 0.15) is 5.76 Å². The molecule has 1 heterocycles. The molecular formula is C10H15F3N2OS. The normalized spacial score (nSPS) is 14.0. The van der Waals surface area contributed by atoms with Gasteiger partial charge in [-0.15, -0.1) is 0 Å². The average Bonchev–Trinajstić information content (AvgIpc) is 2.52. The number of thioether (sulfide) groups is 1. The van der Waals surface area contributed by atoms with Crippen molar-refractivity contribution in [2.75, 3.05) is 12.3 Å². The minimum atomic E-state index is -4.16. The molecule has 3 nitrogen and oxygen atoms in total. The third-order valence-electron chi connectivity index (χ3n) is 2.34. The van der Waals surface area contributed by atoms with Crippen LogP contribution >= 0.6 is 11.8 Å². The molecule has 1 N–H and O–H groups in total. The number of alkyl halides is 3. The Kier molecular flexibility index (Phi) is 4.88. The maximum Gasteiger partial charge on any atom is 0.441 e. The minimum Gasteiger partial charge on any atom is -0.361 e. The van der Waals surface area contributed by atoms with Gasteiger partial charge in [0, 0.05) is 23.9 Å². The maximum absolute atomic E-state index is 11.9. The summed E-state index contributed by atoms with van der Waals surface area (Å²) in [5.41, 5.74) is -2.47. The standard InChI is InChI=1S/C10H15F3N2OS/c1-6(9-7(2)15-16-8(9)3)14-4-5-17-10(11,12)13/h6,14H,4-5H2,1-3H3. The Hall–Kier alpha value is -0.690. The fraction of sp³-hybridized carbons (Fsp3) is 0.700. The monoisotopic (exact) mass is 268 g/mol. The number of aryl methyl sites for hydroxylation is 2. The molecule has 1 unspecified atom stereocenters. The molecule has 0 aliphatic rings. The van der Waals surface area contributed by atoms with E-state index in [1.807, 2.05) is 13.8 Å². The van der Waals surface area contributed by atoms with Gasteiger partial charge >= 0.3 is 5.51 Å². The third kappa shape index (κ3) is 4.59. The van der Waals surface area contributed by atoms with Gasteiger partial charge in [0.05, 0.1) is 5.69 Å². The Labute approximate surface area is 102 Å². The number of aromatic nitrogens is 1. The lowest BCUT2D eigenvalue weighted by Crippen LogP contribution is -2.23. The van der Waals surface area contributed by atoms with Gasteiger partial charge in [-0.2, -0.15) is 13.2 Å². The summed E-state index contributed by atoms with van der Waals surface area (Å²) in [5, 5.41) is 6.82. The van der Waals surface area contributed by atoms with E-state index in [0.29, 0.717) is 5.76 Å². The van der Waals surface area contributed by atoms with E-state index in [1.165, 1.54) is 0 Å². The lowest BCUT2D eigenvalue weighted by atomic mass is 10.1. The molecule has 0 bridgehead atoms. The number of rotatable bonds is 5. The summed E-state index contributed by atoms with van der Waals surface area (Å²) < 4.78 is 40.7. The summed E-state index contributed by atoms with van der Waals surface area (Å²) >= 11 is -0.0204. The average molecular weight is 268 g/mol. The highest BCUT2D eigenvalue weighted by Crippen LogP contribution is 2.29. The Bertz CT molecular complexity index is 345. The van der Waals surface area contributed by atoms with Crippen LogP contribution in [0.25, 0.3) is 0 Å². The molecule has 7 heteroatoms. The van der Waals surface area contributed by atoms with Crippen LogP contribution in [-0.2, 0) is 0 Å². The van der Waals surface area contributed by atoms with Crippen LogP contribution in [0.4, 0.5) is 13.2 Å². The van der Waals surface area contributed by atoms with Gasteiger partial charge in [-0.3, -0.25) is 0 Å². The maximum atomic E-state index is 11.9. The summed E-state index contributed by atoms with van der Waals surface area (Å²) in [6.07, 6.45) is 0. The van der Waals surface area contributed by atoms with Gasteiger partial charge in [-0.25, -0.2) is 0 Å². The minimum absolute atomic E-state index is 0.00276. The fourth-order valence-corrected chi connectivity index (χ4v) is 2.10. The highest BCUT2D eigenvalue weighted by atomic mass is 32.2. The molecule has 0 saturated carbocycles. The van der Waals surface area contributed by atoms with Crippen molar-refractivity contribution in [1.29, 1.82) is 0 Å². The van der Waals surface area contributed by atoms with Crippen molar-refractivity contribution in [2.45, 2.75) is 32.3 Å². The van der Waals surface area contributed by atoms with Crippen molar-refractivity contribution in [2.24, 2.45) is 0 Å². The van der Waals surface area contributed by atoms with Crippen molar-refractivity contribution < 1.29 is 17.7 Å². The van der Waals surface area contributed by atoms with E-state index >= 15 is 0 Å². The number of hydrogen-bond donors (Lipinski definition) is 1. The van der Waals surface area contributed by atoms with E-state index in [1.54, 1.807) is 6.92 Å². The predicted molar refractivity (Wildman–Crippen MR) is 60.9 cm³/mol. The lowest BCUT2D eigenvalue weighted by Gasteiger charge is -2.13. The first kappa shape index (κ1) is 14.4. The van der Waals surface area contributed by atoms with Crippen molar-refractivity contribution in [1.82, 2.24) is 10.5 Å². The highest BCUT2D eigenvalue weighted by Gasteiger charge is 2.27. The zero-order valence-corrected chi connectivity index (χ0v) is 10.7. The first-order chi connectivity index (χ1) is 7.81. The molecule has 0 spiro atoms. The second kappa shape index (κ2) is 5.77. The molecule has 0 saturated heterocycles. The highest BCUT2D eigenvalue weighted by molar-refractivity contribution is 8.00. The smallest absolute Gasteiger partial charge is 0.361 e. The van der Waals surface area contributed by atoms with E-state index in [4.69, 9.17) is 4.52 Å². The number of nitrogens with zero attached hydrogens (tertiary/aromatic N) is 1. The van der Waals surface area contributed by atoms with Crippen LogP contribution in [0.1, 0.15) is 30.0 Å². The topological polar surface area (TPSA) is 38.1 Å². The molecule has 1 rings (SSSR count). The molecular weight excluding hydrogens is 253 g/mol. The Morgan fingerprint density at radius 1 is 1.41 bits per heavy atom. The summed E-state index contributed by atoms with van der Waals surface area (Å²) in [5.74, 6) is 0.697. The zero-order valence-electron chi connectivity index (χ0n) is 9.89. The quantitative estimate of drug-likeness (QED) is 0.832. The molecule has 1 aromatic heterocycles. The first-order valence-electron chi connectivity index (χ1n) is 5.18. The number of hydrogen-bond acceptors (Lipinski definition) is 4. The SMILES string of the molecule is Cc1noc(C)c1C(C)NCCSC(F)(F)F. The van der Waals surface area contributed by atoms with Crippen molar-refractivity contribution >= 4 is 11.8 Å². The van der Waals surface area contributed by atoms with E-state index in [2.05, 4.69) is 10.5 Å². The molecule has 0 amide bonds. The Morgan fingerprint density at radius 3 is 2.53 bits per heavy atom. The first-order valence-corrected chi connectivity index (χ1v) is 6.16. The van der Waals surface area contributed by atoms with Crippen LogP contribution in [0.2, 0.25) is 0 Å². The number of nitrogens with one attached hydrogen (secondary N) is 1. The van der Waals surface area contributed by atoms with Crippen molar-refractivity contribution in [3.63, 3.8) is 0 Å². The van der Waals surface area contributed by atoms with Crippen molar-refractivity contribution in [3.05, 3.63) is 17.0 Å². The second-order valence-electron chi connectivity index (χ2n) is 3.71. The third-order valence-corrected chi connectivity index (χ3v) is 3.08. The molecule has 0 aliphatic carbocycles. The van der Waals surface area contributed by atoms with Gasteiger partial charge in [0.15, 0.2) is 0 Å². The molecule has 17 heavy (non-hydrogen) atoms. The van der Waals surface area contributed by atoms with Gasteiger partial charge in [-0.1, -0.05) is 5.16 Å². The van der Waals surface area contributed by atoms with Crippen LogP contribution in [0.15, 0.2) is 4.52 Å². The summed E-state index contributed by atoms with van der Waals surface area (Å²) in [4.78, 5) is 0. The van der Waals surface area contributed by atoms with Crippen LogP contribution in [0.3, 0.4) is 0 Å². The molecule has 0 aromatic carbocycles. The Morgan fingerprint density at radius 2 is 2.06 bits per heavy atom. The van der Waals surface area contributed by atoms with Crippen LogP contribution in [-0.4, -0.2) is 23.0 Å². The molecule has 0 aliphatic heterocycles. The zero-order chi connectivity index (χ0) is 13.1. The lowest BCUT2D eigenvalue weighted by molar-refractivity contribution is -0.0327. The van der Waals surface area contributed by atoms with Gasteiger partial charge in [0.2, 0.25) is 0 Å². The van der Waals surface area contributed by atoms with Crippen molar-refractivity contribution in [3.8, 4) is 0 Å². The summed E-state index contributed by atoms with van der Waals surface area (Å²) in [6.45, 7) is 5.77. The van der Waals surface area contributed by atoms with Gasteiger partial charge in [0.25, 0.3) is 0 Å². The molecule has 0 radical (unpaired) electrons. The second-order valence-corrected chi connectivity index (χ2v) is 4.87. The van der Waals surface area contributed by atoms with E-state index in [-0.39, 0.29) is 30.1 Å². The van der Waals surface area contributed by atoms with Crippen LogP contribution in [0, 0.1) is 13.8 Å². The van der Waals surface area contributed by atoms with Gasteiger partial charge < -0.3 is 9.84 Å². The molecule has 98 valence electrons. The predicted octanol–water partition coefficient (Wildman–Crippen LogP) is 3.20. The van der Waals surface area contributed by atoms with Gasteiger partial charge in [-0.05, 0) is 32.5 Å². The van der Waals surface area contributed by atoms with E-state index < -0.39 is 5.51 Å². The largest absolute Gasteiger partial charge is 0.441 e. The Balaban J connectivity index is 2.38. The molecule has 1 atom stereocenters. The molecule has 1 aromatic rings. The molecule has 0 fully saturated rings. The van der Waals surface area contributed by atoms with E-state index in [9.17, 15) is 13.2 Å². The van der Waals surface area contributed by atoms with Crippen LogP contribution in [0.5, 0.6) is 0 Å². The van der Waals surface area contributed by atoms with Crippen LogP contribution < -0.4 is 5.32 Å². The van der Waals surface area contributed by atoms with E-state index in [0.717, 1.165) is 11.3 Å².